The molecule has 6 heteroatoms. The summed E-state index contributed by atoms with van der Waals surface area (Å²) in [5.74, 6) is 1.85. The number of hydrogen-bond donors (Lipinski definition) is 3. The Labute approximate surface area is 115 Å². The summed E-state index contributed by atoms with van der Waals surface area (Å²) in [4.78, 5) is 10.5. The van der Waals surface area contributed by atoms with Gasteiger partial charge in [0.2, 0.25) is 0 Å². The van der Waals surface area contributed by atoms with Crippen LogP contribution < -0.4 is 11.1 Å². The summed E-state index contributed by atoms with van der Waals surface area (Å²) in [6.45, 7) is 4.84. The summed E-state index contributed by atoms with van der Waals surface area (Å²) >= 11 is 0. The van der Waals surface area contributed by atoms with Crippen LogP contribution in [0.2, 0.25) is 0 Å². The maximum absolute atomic E-state index is 10.2. The number of hydrogen-bond acceptors (Lipinski definition) is 6. The SMILES string of the molecule is CCCc1nc(N)cc(NCC(C)(O)CN(C)C)n1. The molecule has 0 aliphatic heterocycles. The van der Waals surface area contributed by atoms with Gasteiger partial charge in [-0.3, -0.25) is 0 Å². The minimum absolute atomic E-state index is 0.410. The van der Waals surface area contributed by atoms with E-state index in [-0.39, 0.29) is 0 Å². The smallest absolute Gasteiger partial charge is 0.133 e. The molecule has 0 aliphatic carbocycles. The van der Waals surface area contributed by atoms with Crippen LogP contribution in [-0.2, 0) is 6.42 Å². The second kappa shape index (κ2) is 6.68. The zero-order valence-corrected chi connectivity index (χ0v) is 12.3. The van der Waals surface area contributed by atoms with E-state index < -0.39 is 5.60 Å². The van der Waals surface area contributed by atoms with Crippen molar-refractivity contribution in [2.24, 2.45) is 0 Å². The molecule has 1 aromatic heterocycles. The van der Waals surface area contributed by atoms with Crippen molar-refractivity contribution >= 4 is 11.6 Å². The van der Waals surface area contributed by atoms with E-state index in [2.05, 4.69) is 22.2 Å². The molecule has 1 heterocycles. The monoisotopic (exact) mass is 267 g/mol. The number of nitrogens with one attached hydrogen (secondary N) is 1. The van der Waals surface area contributed by atoms with Crippen LogP contribution in [-0.4, -0.2) is 52.8 Å². The predicted molar refractivity (Wildman–Crippen MR) is 78.1 cm³/mol. The molecule has 1 atom stereocenters. The van der Waals surface area contributed by atoms with Crippen LogP contribution in [0.5, 0.6) is 0 Å². The molecule has 0 radical (unpaired) electrons. The van der Waals surface area contributed by atoms with E-state index in [1.165, 1.54) is 0 Å². The molecule has 0 bridgehead atoms. The van der Waals surface area contributed by atoms with Crippen LogP contribution in [0.1, 0.15) is 26.1 Å². The zero-order valence-electron chi connectivity index (χ0n) is 12.3. The number of aliphatic hydroxyl groups is 1. The van der Waals surface area contributed by atoms with Crippen LogP contribution in [0.3, 0.4) is 0 Å². The van der Waals surface area contributed by atoms with Crippen LogP contribution in [0.25, 0.3) is 0 Å². The van der Waals surface area contributed by atoms with Gasteiger partial charge in [-0.25, -0.2) is 9.97 Å². The second-order valence-electron chi connectivity index (χ2n) is 5.43. The molecule has 1 unspecified atom stereocenters. The lowest BCUT2D eigenvalue weighted by Gasteiger charge is -2.27. The molecule has 4 N–H and O–H groups in total. The molecule has 6 nitrogen and oxygen atoms in total. The summed E-state index contributed by atoms with van der Waals surface area (Å²) in [5, 5.41) is 13.3. The standard InChI is InChI=1S/C13H25N5O/c1-5-6-11-16-10(14)7-12(17-11)15-8-13(2,19)9-18(3)4/h7,19H,5-6,8-9H2,1-4H3,(H3,14,15,16,17). The van der Waals surface area contributed by atoms with Crippen molar-refractivity contribution < 1.29 is 5.11 Å². The van der Waals surface area contributed by atoms with Crippen molar-refractivity contribution in [3.63, 3.8) is 0 Å². The molecule has 0 fully saturated rings. The predicted octanol–water partition coefficient (Wildman–Crippen LogP) is 0.736. The highest BCUT2D eigenvalue weighted by Gasteiger charge is 2.21. The van der Waals surface area contributed by atoms with Gasteiger partial charge in [-0.2, -0.15) is 0 Å². The van der Waals surface area contributed by atoms with Crippen molar-refractivity contribution in [2.45, 2.75) is 32.3 Å². The third-order valence-corrected chi connectivity index (χ3v) is 2.57. The van der Waals surface area contributed by atoms with Crippen LogP contribution in [0.15, 0.2) is 6.07 Å². The summed E-state index contributed by atoms with van der Waals surface area (Å²) in [6, 6.07) is 1.69. The Morgan fingerprint density at radius 1 is 1.42 bits per heavy atom. The number of aryl methyl sites for hydroxylation is 1. The summed E-state index contributed by atoms with van der Waals surface area (Å²) < 4.78 is 0. The molecular formula is C13H25N5O. The molecule has 0 aliphatic rings. The minimum atomic E-state index is -0.825. The molecule has 0 saturated heterocycles. The van der Waals surface area contributed by atoms with E-state index in [1.54, 1.807) is 13.0 Å². The topological polar surface area (TPSA) is 87.3 Å². The average molecular weight is 267 g/mol. The summed E-state index contributed by atoms with van der Waals surface area (Å²) in [6.07, 6.45) is 1.77. The largest absolute Gasteiger partial charge is 0.387 e. The number of aromatic nitrogens is 2. The molecule has 19 heavy (non-hydrogen) atoms. The third-order valence-electron chi connectivity index (χ3n) is 2.57. The fourth-order valence-electron chi connectivity index (χ4n) is 1.96. The number of nitrogens with zero attached hydrogens (tertiary/aromatic N) is 3. The molecule has 1 aromatic rings. The Morgan fingerprint density at radius 3 is 2.68 bits per heavy atom. The highest BCUT2D eigenvalue weighted by atomic mass is 16.3. The number of likely N-dealkylation sites (N-methyl/N-ethyl adjacent to an activating group) is 1. The molecule has 0 amide bonds. The maximum atomic E-state index is 10.2. The Hall–Kier alpha value is -1.40. The Bertz CT molecular complexity index is 406. The zero-order chi connectivity index (χ0) is 14.5. The Kier molecular flexibility index (Phi) is 5.50. The minimum Gasteiger partial charge on any atom is -0.387 e. The van der Waals surface area contributed by atoms with E-state index in [1.807, 2.05) is 19.0 Å². The second-order valence-corrected chi connectivity index (χ2v) is 5.43. The van der Waals surface area contributed by atoms with E-state index in [9.17, 15) is 5.11 Å². The lowest BCUT2D eigenvalue weighted by atomic mass is 10.1. The Morgan fingerprint density at radius 2 is 2.11 bits per heavy atom. The van der Waals surface area contributed by atoms with E-state index >= 15 is 0 Å². The maximum Gasteiger partial charge on any atom is 0.133 e. The number of rotatable bonds is 7. The number of anilines is 2. The van der Waals surface area contributed by atoms with Gasteiger partial charge in [0, 0.05) is 25.6 Å². The molecule has 0 aromatic carbocycles. The Balaban J connectivity index is 2.66. The van der Waals surface area contributed by atoms with Crippen LogP contribution in [0, 0.1) is 0 Å². The highest BCUT2D eigenvalue weighted by molar-refractivity contribution is 5.44. The molecule has 0 saturated carbocycles. The van der Waals surface area contributed by atoms with Gasteiger partial charge in [0.1, 0.15) is 17.5 Å². The van der Waals surface area contributed by atoms with Crippen molar-refractivity contribution in [3.8, 4) is 0 Å². The van der Waals surface area contributed by atoms with Crippen LogP contribution in [0.4, 0.5) is 11.6 Å². The van der Waals surface area contributed by atoms with Gasteiger partial charge in [0.25, 0.3) is 0 Å². The summed E-state index contributed by atoms with van der Waals surface area (Å²) in [7, 11) is 3.85. The first-order valence-corrected chi connectivity index (χ1v) is 6.57. The van der Waals surface area contributed by atoms with Gasteiger partial charge in [0.05, 0.1) is 5.60 Å². The lowest BCUT2D eigenvalue weighted by Crippen LogP contribution is -2.43. The normalized spacial score (nSPS) is 14.4. The number of nitrogens with two attached hydrogens (primary N) is 1. The first-order valence-electron chi connectivity index (χ1n) is 6.57. The molecule has 0 spiro atoms. The van der Waals surface area contributed by atoms with Gasteiger partial charge in [0.15, 0.2) is 0 Å². The van der Waals surface area contributed by atoms with Crippen LogP contribution >= 0.6 is 0 Å². The van der Waals surface area contributed by atoms with Gasteiger partial charge in [-0.1, -0.05) is 6.92 Å². The van der Waals surface area contributed by atoms with Crippen molar-refractivity contribution in [1.29, 1.82) is 0 Å². The van der Waals surface area contributed by atoms with Crippen molar-refractivity contribution in [1.82, 2.24) is 14.9 Å². The van der Waals surface area contributed by atoms with E-state index in [0.717, 1.165) is 18.7 Å². The molecule has 108 valence electrons. The van der Waals surface area contributed by atoms with Crippen molar-refractivity contribution in [2.75, 3.05) is 38.2 Å². The number of nitrogen functional groups attached to an aromatic ring is 1. The average Bonchev–Trinajstić information content (AvgIpc) is 2.24. The first kappa shape index (κ1) is 15.7. The molecular weight excluding hydrogens is 242 g/mol. The van der Waals surface area contributed by atoms with E-state index in [0.29, 0.717) is 24.7 Å². The fraction of sp³-hybridized carbons (Fsp3) is 0.692. The van der Waals surface area contributed by atoms with Gasteiger partial charge >= 0.3 is 0 Å². The third kappa shape index (κ3) is 5.85. The van der Waals surface area contributed by atoms with E-state index in [4.69, 9.17) is 5.73 Å². The van der Waals surface area contributed by atoms with Gasteiger partial charge < -0.3 is 21.1 Å². The van der Waals surface area contributed by atoms with Gasteiger partial charge in [-0.05, 0) is 27.4 Å². The highest BCUT2D eigenvalue weighted by Crippen LogP contribution is 2.12. The molecule has 1 rings (SSSR count). The summed E-state index contributed by atoms with van der Waals surface area (Å²) in [5.41, 5.74) is 4.92. The lowest BCUT2D eigenvalue weighted by molar-refractivity contribution is 0.0459. The quantitative estimate of drug-likeness (QED) is 0.675. The van der Waals surface area contributed by atoms with Gasteiger partial charge in [-0.15, -0.1) is 0 Å². The van der Waals surface area contributed by atoms with Crippen molar-refractivity contribution in [3.05, 3.63) is 11.9 Å². The fourth-order valence-corrected chi connectivity index (χ4v) is 1.96. The first-order chi connectivity index (χ1) is 8.82.